The molecule has 3 rings (SSSR count). The van der Waals surface area contributed by atoms with Gasteiger partial charge in [-0.3, -0.25) is 0 Å². The first-order valence-corrected chi connectivity index (χ1v) is 6.21. The average Bonchev–Trinajstić information content (AvgIpc) is 2.80. The van der Waals surface area contributed by atoms with Crippen molar-refractivity contribution in [2.75, 3.05) is 0 Å². The molecule has 0 aliphatic carbocycles. The molecule has 0 radical (unpaired) electrons. The zero-order valence-electron chi connectivity index (χ0n) is 10.7. The van der Waals surface area contributed by atoms with Crippen molar-refractivity contribution in [2.24, 2.45) is 0 Å². The maximum atomic E-state index is 12.5. The predicted octanol–water partition coefficient (Wildman–Crippen LogP) is 2.72. The van der Waals surface area contributed by atoms with Gasteiger partial charge in [-0.1, -0.05) is 6.07 Å². The number of hydrogen-bond donors (Lipinski definition) is 1. The standard InChI is InChI=1S/C14H10BF3O3/c16-14(17,18)10-1-3-11(4-2-10)21-12-5-6-13-9(7-12)8-20-15(13)19/h1-7,19H,8H2. The highest BCUT2D eigenvalue weighted by Crippen LogP contribution is 2.31. The van der Waals surface area contributed by atoms with Crippen molar-refractivity contribution in [3.05, 3.63) is 53.6 Å². The molecule has 1 aliphatic rings. The van der Waals surface area contributed by atoms with Crippen LogP contribution >= 0.6 is 0 Å². The van der Waals surface area contributed by atoms with Crippen molar-refractivity contribution < 1.29 is 27.6 Å². The molecule has 7 heteroatoms. The molecule has 0 bridgehead atoms. The number of fused-ring (bicyclic) bond motifs is 1. The van der Waals surface area contributed by atoms with Gasteiger partial charge in [0.1, 0.15) is 11.5 Å². The molecular weight excluding hydrogens is 284 g/mol. The maximum Gasteiger partial charge on any atom is 0.491 e. The van der Waals surface area contributed by atoms with Gasteiger partial charge in [0.05, 0.1) is 12.2 Å². The summed E-state index contributed by atoms with van der Waals surface area (Å²) in [6, 6.07) is 9.47. The molecule has 0 saturated heterocycles. The Balaban J connectivity index is 1.78. The fraction of sp³-hybridized carbons (Fsp3) is 0.143. The minimum Gasteiger partial charge on any atom is -0.457 e. The summed E-state index contributed by atoms with van der Waals surface area (Å²) >= 11 is 0. The zero-order valence-corrected chi connectivity index (χ0v) is 10.7. The summed E-state index contributed by atoms with van der Waals surface area (Å²) in [5.41, 5.74) is 0.752. The topological polar surface area (TPSA) is 38.7 Å². The van der Waals surface area contributed by atoms with Crippen molar-refractivity contribution in [1.29, 1.82) is 0 Å². The summed E-state index contributed by atoms with van der Waals surface area (Å²) in [6.07, 6.45) is -4.36. The van der Waals surface area contributed by atoms with Gasteiger partial charge in [0.25, 0.3) is 0 Å². The molecule has 1 heterocycles. The van der Waals surface area contributed by atoms with Crippen LogP contribution < -0.4 is 10.2 Å². The number of halogens is 3. The monoisotopic (exact) mass is 294 g/mol. The predicted molar refractivity (Wildman–Crippen MR) is 70.4 cm³/mol. The lowest BCUT2D eigenvalue weighted by Gasteiger charge is -2.09. The molecule has 3 nitrogen and oxygen atoms in total. The summed E-state index contributed by atoms with van der Waals surface area (Å²) in [6.45, 7) is 0.278. The Labute approximate surface area is 119 Å². The van der Waals surface area contributed by atoms with Gasteiger partial charge in [-0.2, -0.15) is 13.2 Å². The smallest absolute Gasteiger partial charge is 0.457 e. The van der Waals surface area contributed by atoms with E-state index in [1.807, 2.05) is 0 Å². The van der Waals surface area contributed by atoms with E-state index in [2.05, 4.69) is 0 Å². The molecule has 1 N–H and O–H groups in total. The van der Waals surface area contributed by atoms with Crippen molar-refractivity contribution in [3.63, 3.8) is 0 Å². The average molecular weight is 294 g/mol. The first kappa shape index (κ1) is 14.0. The van der Waals surface area contributed by atoms with E-state index in [4.69, 9.17) is 9.39 Å². The Kier molecular flexibility index (Phi) is 3.39. The van der Waals surface area contributed by atoms with E-state index >= 15 is 0 Å². The lowest BCUT2D eigenvalue weighted by Crippen LogP contribution is -2.27. The third kappa shape index (κ3) is 2.89. The second-order valence-corrected chi connectivity index (χ2v) is 4.65. The summed E-state index contributed by atoms with van der Waals surface area (Å²) in [7, 11) is -0.930. The summed E-state index contributed by atoms with van der Waals surface area (Å²) in [4.78, 5) is 0. The highest BCUT2D eigenvalue weighted by Gasteiger charge is 2.30. The quantitative estimate of drug-likeness (QED) is 0.866. The molecular formula is C14H10BF3O3. The Morgan fingerprint density at radius 3 is 2.38 bits per heavy atom. The Morgan fingerprint density at radius 1 is 1.05 bits per heavy atom. The van der Waals surface area contributed by atoms with Gasteiger partial charge < -0.3 is 14.4 Å². The van der Waals surface area contributed by atoms with E-state index in [-0.39, 0.29) is 6.61 Å². The van der Waals surface area contributed by atoms with Crippen molar-refractivity contribution in [3.8, 4) is 11.5 Å². The third-order valence-corrected chi connectivity index (χ3v) is 3.19. The van der Waals surface area contributed by atoms with E-state index in [9.17, 15) is 18.2 Å². The van der Waals surface area contributed by atoms with Crippen LogP contribution in [-0.2, 0) is 17.4 Å². The fourth-order valence-corrected chi connectivity index (χ4v) is 2.12. The first-order chi connectivity index (χ1) is 9.93. The molecule has 0 fully saturated rings. The number of ether oxygens (including phenoxy) is 1. The van der Waals surface area contributed by atoms with Gasteiger partial charge in [-0.25, -0.2) is 0 Å². The number of benzene rings is 2. The Bertz CT molecular complexity index is 656. The van der Waals surface area contributed by atoms with E-state index in [1.165, 1.54) is 12.1 Å². The zero-order chi connectivity index (χ0) is 15.0. The fourth-order valence-electron chi connectivity index (χ4n) is 2.12. The maximum absolute atomic E-state index is 12.5. The summed E-state index contributed by atoms with van der Waals surface area (Å²) < 4.78 is 47.9. The summed E-state index contributed by atoms with van der Waals surface area (Å²) in [5.74, 6) is 0.786. The molecule has 2 aromatic rings. The van der Waals surface area contributed by atoms with Crippen molar-refractivity contribution in [1.82, 2.24) is 0 Å². The van der Waals surface area contributed by atoms with Crippen molar-refractivity contribution >= 4 is 12.6 Å². The molecule has 0 spiro atoms. The Morgan fingerprint density at radius 2 is 1.71 bits per heavy atom. The molecule has 0 amide bonds. The van der Waals surface area contributed by atoms with Gasteiger partial charge in [0, 0.05) is 0 Å². The molecule has 21 heavy (non-hydrogen) atoms. The summed E-state index contributed by atoms with van der Waals surface area (Å²) in [5, 5.41) is 9.50. The van der Waals surface area contributed by atoms with Crippen LogP contribution in [0.2, 0.25) is 0 Å². The molecule has 1 aliphatic heterocycles. The second-order valence-electron chi connectivity index (χ2n) is 4.65. The van der Waals surface area contributed by atoms with Crippen LogP contribution in [0.25, 0.3) is 0 Å². The van der Waals surface area contributed by atoms with E-state index < -0.39 is 18.9 Å². The van der Waals surface area contributed by atoms with Gasteiger partial charge in [0.15, 0.2) is 0 Å². The van der Waals surface area contributed by atoms with Crippen LogP contribution in [0.4, 0.5) is 13.2 Å². The van der Waals surface area contributed by atoms with Gasteiger partial charge >= 0.3 is 13.3 Å². The lowest BCUT2D eigenvalue weighted by molar-refractivity contribution is -0.137. The van der Waals surface area contributed by atoms with Crippen LogP contribution in [-0.4, -0.2) is 12.1 Å². The van der Waals surface area contributed by atoms with E-state index in [0.29, 0.717) is 17.0 Å². The van der Waals surface area contributed by atoms with Gasteiger partial charge in [-0.05, 0) is 47.4 Å². The van der Waals surface area contributed by atoms with Crippen molar-refractivity contribution in [2.45, 2.75) is 12.8 Å². The molecule has 108 valence electrons. The molecule has 0 unspecified atom stereocenters. The normalized spacial score (nSPS) is 14.2. The molecule has 0 atom stereocenters. The number of hydrogen-bond acceptors (Lipinski definition) is 3. The number of rotatable bonds is 2. The van der Waals surface area contributed by atoms with Crippen LogP contribution in [0.3, 0.4) is 0 Å². The molecule has 0 aromatic heterocycles. The van der Waals surface area contributed by atoms with Crippen LogP contribution in [0.5, 0.6) is 11.5 Å². The molecule has 2 aromatic carbocycles. The minimum atomic E-state index is -4.36. The third-order valence-electron chi connectivity index (χ3n) is 3.19. The highest BCUT2D eigenvalue weighted by molar-refractivity contribution is 6.61. The second kappa shape index (κ2) is 5.09. The Hall–Kier alpha value is -1.99. The van der Waals surface area contributed by atoms with Gasteiger partial charge in [-0.15, -0.1) is 0 Å². The SMILES string of the molecule is OB1OCc2cc(Oc3ccc(C(F)(F)F)cc3)ccc21. The largest absolute Gasteiger partial charge is 0.491 e. The minimum absolute atomic E-state index is 0.278. The van der Waals surface area contributed by atoms with E-state index in [0.717, 1.165) is 17.7 Å². The van der Waals surface area contributed by atoms with Crippen LogP contribution in [0.15, 0.2) is 42.5 Å². The van der Waals surface area contributed by atoms with Gasteiger partial charge in [0.2, 0.25) is 0 Å². The molecule has 0 saturated carbocycles. The van der Waals surface area contributed by atoms with Crippen LogP contribution in [0.1, 0.15) is 11.1 Å². The first-order valence-electron chi connectivity index (χ1n) is 6.21. The van der Waals surface area contributed by atoms with Crippen LogP contribution in [0, 0.1) is 0 Å². The number of alkyl halides is 3. The highest BCUT2D eigenvalue weighted by atomic mass is 19.4. The van der Waals surface area contributed by atoms with E-state index in [1.54, 1.807) is 18.2 Å². The lowest BCUT2D eigenvalue weighted by atomic mass is 9.80.